The zero-order valence-corrected chi connectivity index (χ0v) is 15.5. The number of amides is 2. The summed E-state index contributed by atoms with van der Waals surface area (Å²) in [6, 6.07) is 0.447. The van der Waals surface area contributed by atoms with Gasteiger partial charge in [-0.3, -0.25) is 9.59 Å². The monoisotopic (exact) mass is 363 g/mol. The molecule has 3 rings (SSSR count). The molecule has 0 spiro atoms. The number of piperidine rings is 1. The van der Waals surface area contributed by atoms with E-state index in [1.807, 2.05) is 0 Å². The highest BCUT2D eigenvalue weighted by molar-refractivity contribution is 5.81. The average molecular weight is 363 g/mol. The maximum Gasteiger partial charge on any atom is 0.248 e. The van der Waals surface area contributed by atoms with Gasteiger partial charge in [-0.2, -0.15) is 0 Å². The third-order valence-electron chi connectivity index (χ3n) is 5.45. The predicted octanol–water partition coefficient (Wildman–Crippen LogP) is 1.28. The average Bonchev–Trinajstić information content (AvgIpc) is 3.15. The number of carbonyl (C=O) groups is 2. The van der Waals surface area contributed by atoms with Gasteiger partial charge in [-0.05, 0) is 25.7 Å². The van der Waals surface area contributed by atoms with Crippen molar-refractivity contribution >= 4 is 11.8 Å². The lowest BCUT2D eigenvalue weighted by molar-refractivity contribution is -0.139. The molecule has 2 amide bonds. The van der Waals surface area contributed by atoms with Gasteiger partial charge in [0, 0.05) is 26.2 Å². The van der Waals surface area contributed by atoms with E-state index in [9.17, 15) is 9.59 Å². The van der Waals surface area contributed by atoms with Crippen LogP contribution in [-0.4, -0.2) is 58.3 Å². The fraction of sp³-hybridized carbons (Fsp3) is 0.778. The molecule has 0 bridgehead atoms. The van der Waals surface area contributed by atoms with E-state index in [0.29, 0.717) is 25.7 Å². The molecule has 1 aliphatic heterocycles. The van der Waals surface area contributed by atoms with Crippen LogP contribution in [0.3, 0.4) is 0 Å². The van der Waals surface area contributed by atoms with Crippen LogP contribution < -0.4 is 5.32 Å². The van der Waals surface area contributed by atoms with Gasteiger partial charge in [-0.15, -0.1) is 10.2 Å². The number of likely N-dealkylation sites (tertiary alicyclic amines) is 1. The summed E-state index contributed by atoms with van der Waals surface area (Å²) in [7, 11) is 1.51. The smallest absolute Gasteiger partial charge is 0.248 e. The number of nitrogens with zero attached hydrogens (tertiary/aromatic N) is 4. The Labute approximate surface area is 154 Å². The Morgan fingerprint density at radius 2 is 2.04 bits per heavy atom. The summed E-state index contributed by atoms with van der Waals surface area (Å²) >= 11 is 0. The SMILES string of the molecule is COCC(=O)N1CCC[C@H](C(=O)NCc2nncn2C2CCCCC2)C1. The van der Waals surface area contributed by atoms with Crippen LogP contribution >= 0.6 is 0 Å². The molecule has 1 saturated carbocycles. The second kappa shape index (κ2) is 9.12. The van der Waals surface area contributed by atoms with Crippen LogP contribution in [0.4, 0.5) is 0 Å². The maximum absolute atomic E-state index is 12.6. The predicted molar refractivity (Wildman–Crippen MR) is 95.2 cm³/mol. The first-order valence-corrected chi connectivity index (χ1v) is 9.62. The van der Waals surface area contributed by atoms with Crippen LogP contribution in [0, 0.1) is 5.92 Å². The van der Waals surface area contributed by atoms with E-state index >= 15 is 0 Å². The number of nitrogens with one attached hydrogen (secondary N) is 1. The molecule has 8 nitrogen and oxygen atoms in total. The van der Waals surface area contributed by atoms with E-state index in [1.54, 1.807) is 11.2 Å². The van der Waals surface area contributed by atoms with Gasteiger partial charge in [0.25, 0.3) is 0 Å². The van der Waals surface area contributed by atoms with Crippen molar-refractivity contribution in [3.63, 3.8) is 0 Å². The molecule has 2 heterocycles. The zero-order chi connectivity index (χ0) is 18.4. The number of carbonyl (C=O) groups excluding carboxylic acids is 2. The number of hydrogen-bond acceptors (Lipinski definition) is 5. The van der Waals surface area contributed by atoms with Crippen LogP contribution in [0.2, 0.25) is 0 Å². The largest absolute Gasteiger partial charge is 0.375 e. The quantitative estimate of drug-likeness (QED) is 0.822. The minimum absolute atomic E-state index is 0.0156. The molecule has 144 valence electrons. The summed E-state index contributed by atoms with van der Waals surface area (Å²) in [6.07, 6.45) is 9.50. The molecule has 8 heteroatoms. The molecule has 0 radical (unpaired) electrons. The summed E-state index contributed by atoms with van der Waals surface area (Å²) in [5, 5.41) is 11.2. The molecule has 2 fully saturated rings. The number of ether oxygens (including phenoxy) is 1. The Balaban J connectivity index is 1.52. The number of rotatable bonds is 6. The molecule has 0 unspecified atom stereocenters. The molecule has 0 aromatic carbocycles. The molecule has 1 aromatic heterocycles. The van der Waals surface area contributed by atoms with Crippen molar-refractivity contribution in [1.29, 1.82) is 0 Å². The number of hydrogen-bond donors (Lipinski definition) is 1. The van der Waals surface area contributed by atoms with Crippen LogP contribution in [0.15, 0.2) is 6.33 Å². The number of aromatic nitrogens is 3. The first-order chi connectivity index (χ1) is 12.7. The van der Waals surface area contributed by atoms with Gasteiger partial charge < -0.3 is 19.5 Å². The summed E-state index contributed by atoms with van der Waals surface area (Å²) in [5.41, 5.74) is 0. The molecule has 1 atom stereocenters. The Kier molecular flexibility index (Phi) is 6.60. The van der Waals surface area contributed by atoms with Crippen LogP contribution in [0.1, 0.15) is 56.8 Å². The third kappa shape index (κ3) is 4.60. The van der Waals surface area contributed by atoms with E-state index in [2.05, 4.69) is 20.1 Å². The van der Waals surface area contributed by atoms with E-state index < -0.39 is 0 Å². The Bertz CT molecular complexity index is 612. The van der Waals surface area contributed by atoms with E-state index in [-0.39, 0.29) is 24.3 Å². The minimum atomic E-state index is -0.171. The molecular weight excluding hydrogens is 334 g/mol. The van der Waals surface area contributed by atoms with Crippen LogP contribution in [0.5, 0.6) is 0 Å². The maximum atomic E-state index is 12.6. The molecule has 1 saturated heterocycles. The van der Waals surface area contributed by atoms with Crippen molar-refractivity contribution in [2.45, 2.75) is 57.5 Å². The van der Waals surface area contributed by atoms with Crippen LogP contribution in [-0.2, 0) is 20.9 Å². The summed E-state index contributed by atoms with van der Waals surface area (Å²) in [4.78, 5) is 26.3. The Morgan fingerprint density at radius 1 is 1.23 bits per heavy atom. The topological polar surface area (TPSA) is 89.3 Å². The summed E-state index contributed by atoms with van der Waals surface area (Å²) in [5.74, 6) is 0.573. The normalized spacial score (nSPS) is 21.6. The van der Waals surface area contributed by atoms with Crippen LogP contribution in [0.25, 0.3) is 0 Å². The van der Waals surface area contributed by atoms with Crippen molar-refractivity contribution in [2.24, 2.45) is 5.92 Å². The minimum Gasteiger partial charge on any atom is -0.375 e. The van der Waals surface area contributed by atoms with Crippen molar-refractivity contribution in [3.8, 4) is 0 Å². The fourth-order valence-electron chi connectivity index (χ4n) is 4.00. The van der Waals surface area contributed by atoms with Crippen molar-refractivity contribution < 1.29 is 14.3 Å². The van der Waals surface area contributed by atoms with Gasteiger partial charge in [-0.25, -0.2) is 0 Å². The summed E-state index contributed by atoms with van der Waals surface area (Å²) < 4.78 is 7.03. The molecule has 2 aliphatic rings. The second-order valence-electron chi connectivity index (χ2n) is 7.28. The Hall–Kier alpha value is -1.96. The first-order valence-electron chi connectivity index (χ1n) is 9.62. The van der Waals surface area contributed by atoms with Gasteiger partial charge in [0.1, 0.15) is 12.9 Å². The van der Waals surface area contributed by atoms with Gasteiger partial charge in [0.05, 0.1) is 12.5 Å². The van der Waals surface area contributed by atoms with Gasteiger partial charge in [-0.1, -0.05) is 19.3 Å². The van der Waals surface area contributed by atoms with Gasteiger partial charge in [0.15, 0.2) is 5.82 Å². The van der Waals surface area contributed by atoms with E-state index in [4.69, 9.17) is 4.74 Å². The number of methoxy groups -OCH3 is 1. The molecule has 26 heavy (non-hydrogen) atoms. The summed E-state index contributed by atoms with van der Waals surface area (Å²) in [6.45, 7) is 1.61. The molecule has 1 N–H and O–H groups in total. The molecule has 1 aromatic rings. The Morgan fingerprint density at radius 3 is 2.81 bits per heavy atom. The third-order valence-corrected chi connectivity index (χ3v) is 5.45. The van der Waals surface area contributed by atoms with Gasteiger partial charge >= 0.3 is 0 Å². The highest BCUT2D eigenvalue weighted by Gasteiger charge is 2.28. The van der Waals surface area contributed by atoms with E-state index in [0.717, 1.165) is 31.5 Å². The van der Waals surface area contributed by atoms with Crippen molar-refractivity contribution in [3.05, 3.63) is 12.2 Å². The lowest BCUT2D eigenvalue weighted by atomic mass is 9.95. The van der Waals surface area contributed by atoms with Crippen molar-refractivity contribution in [2.75, 3.05) is 26.8 Å². The highest BCUT2D eigenvalue weighted by Crippen LogP contribution is 2.28. The first kappa shape index (κ1) is 18.8. The molecule has 1 aliphatic carbocycles. The lowest BCUT2D eigenvalue weighted by Gasteiger charge is -2.32. The molecular formula is C18H29N5O3. The second-order valence-corrected chi connectivity index (χ2v) is 7.28. The standard InChI is InChI=1S/C18H29N5O3/c1-26-12-17(24)22-9-5-6-14(11-22)18(25)19-10-16-21-20-13-23(16)15-7-3-2-4-8-15/h13-15H,2-12H2,1H3,(H,19,25)/t14-/m0/s1. The van der Waals surface area contributed by atoms with E-state index in [1.165, 1.54) is 26.4 Å². The fourth-order valence-corrected chi connectivity index (χ4v) is 4.00. The highest BCUT2D eigenvalue weighted by atomic mass is 16.5. The lowest BCUT2D eigenvalue weighted by Crippen LogP contribution is -2.46. The van der Waals surface area contributed by atoms with Crippen molar-refractivity contribution in [1.82, 2.24) is 25.0 Å². The zero-order valence-electron chi connectivity index (χ0n) is 15.5. The van der Waals surface area contributed by atoms with Gasteiger partial charge in [0.2, 0.25) is 11.8 Å².